The van der Waals surface area contributed by atoms with Crippen molar-refractivity contribution in [1.82, 2.24) is 4.90 Å². The van der Waals surface area contributed by atoms with Crippen molar-refractivity contribution in [2.24, 2.45) is 5.92 Å². The van der Waals surface area contributed by atoms with Crippen LogP contribution in [0.15, 0.2) is 30.3 Å². The van der Waals surface area contributed by atoms with Crippen molar-refractivity contribution in [3.63, 3.8) is 0 Å². The Labute approximate surface area is 128 Å². The summed E-state index contributed by atoms with van der Waals surface area (Å²) in [6, 6.07) is 8.32. The maximum absolute atomic E-state index is 12.3. The highest BCUT2D eigenvalue weighted by atomic mass is 16.6. The monoisotopic (exact) mass is 303 g/mol. The first-order valence-electron chi connectivity index (χ1n) is 7.21. The van der Waals surface area contributed by atoms with E-state index in [4.69, 9.17) is 9.47 Å². The van der Waals surface area contributed by atoms with E-state index in [0.717, 1.165) is 5.56 Å². The summed E-state index contributed by atoms with van der Waals surface area (Å²) in [4.78, 5) is 37.3. The molecule has 1 amide bonds. The zero-order valence-electron chi connectivity index (χ0n) is 12.2. The molecule has 3 atom stereocenters. The summed E-state index contributed by atoms with van der Waals surface area (Å²) < 4.78 is 10.0. The van der Waals surface area contributed by atoms with Gasteiger partial charge in [0.1, 0.15) is 6.61 Å². The number of rotatable bonds is 3. The van der Waals surface area contributed by atoms with E-state index in [2.05, 4.69) is 0 Å². The Morgan fingerprint density at radius 1 is 1.27 bits per heavy atom. The fourth-order valence-electron chi connectivity index (χ4n) is 3.27. The normalized spacial score (nSPS) is 26.1. The molecule has 2 aliphatic rings. The zero-order chi connectivity index (χ0) is 15.7. The standard InChI is InChI=1S/C16H17NO5/c1-21-15(19)11-7-13-14(18)8-12(11)17(13)16(20)22-9-10-5-3-2-4-6-10/h2-6,11-13H,7-9H2,1H3. The van der Waals surface area contributed by atoms with Crippen molar-refractivity contribution in [2.75, 3.05) is 7.11 Å². The summed E-state index contributed by atoms with van der Waals surface area (Å²) >= 11 is 0. The van der Waals surface area contributed by atoms with Gasteiger partial charge in [0.25, 0.3) is 0 Å². The molecule has 2 heterocycles. The maximum Gasteiger partial charge on any atom is 0.411 e. The summed E-state index contributed by atoms with van der Waals surface area (Å²) in [6.07, 6.45) is -0.0160. The Morgan fingerprint density at radius 3 is 2.68 bits per heavy atom. The van der Waals surface area contributed by atoms with E-state index in [9.17, 15) is 14.4 Å². The topological polar surface area (TPSA) is 72.9 Å². The van der Waals surface area contributed by atoms with Crippen molar-refractivity contribution in [3.8, 4) is 0 Å². The molecule has 1 aromatic rings. The molecule has 0 radical (unpaired) electrons. The highest BCUT2D eigenvalue weighted by Gasteiger charge is 2.56. The number of benzene rings is 1. The molecule has 3 unspecified atom stereocenters. The van der Waals surface area contributed by atoms with Gasteiger partial charge >= 0.3 is 12.1 Å². The molecule has 0 aromatic heterocycles. The van der Waals surface area contributed by atoms with Gasteiger partial charge in [0.2, 0.25) is 0 Å². The Balaban J connectivity index is 1.67. The summed E-state index contributed by atoms with van der Waals surface area (Å²) in [6.45, 7) is 0.146. The van der Waals surface area contributed by atoms with Gasteiger partial charge in [0.15, 0.2) is 5.78 Å². The fourth-order valence-corrected chi connectivity index (χ4v) is 3.27. The molecule has 0 saturated carbocycles. The van der Waals surface area contributed by atoms with Crippen LogP contribution in [0.2, 0.25) is 0 Å². The SMILES string of the molecule is COC(=O)C1CC2C(=O)CC1N2C(=O)OCc1ccccc1. The number of fused-ring (bicyclic) bond motifs is 2. The van der Waals surface area contributed by atoms with Crippen molar-refractivity contribution >= 4 is 17.8 Å². The smallest absolute Gasteiger partial charge is 0.411 e. The van der Waals surface area contributed by atoms with Crippen LogP contribution in [0, 0.1) is 5.92 Å². The molecule has 2 bridgehead atoms. The second-order valence-electron chi connectivity index (χ2n) is 5.57. The quantitative estimate of drug-likeness (QED) is 0.792. The molecular weight excluding hydrogens is 286 g/mol. The van der Waals surface area contributed by atoms with Crippen LogP contribution >= 0.6 is 0 Å². The Hall–Kier alpha value is -2.37. The second kappa shape index (κ2) is 5.79. The number of ether oxygens (including phenoxy) is 2. The van der Waals surface area contributed by atoms with E-state index in [1.807, 2.05) is 30.3 Å². The lowest BCUT2D eigenvalue weighted by molar-refractivity contribution is -0.146. The highest BCUT2D eigenvalue weighted by Crippen LogP contribution is 2.40. The van der Waals surface area contributed by atoms with E-state index in [1.54, 1.807) is 0 Å². The van der Waals surface area contributed by atoms with Crippen LogP contribution in [-0.2, 0) is 25.7 Å². The Bertz CT molecular complexity index is 600. The van der Waals surface area contributed by atoms with Crippen molar-refractivity contribution in [1.29, 1.82) is 0 Å². The van der Waals surface area contributed by atoms with Crippen LogP contribution in [0.25, 0.3) is 0 Å². The summed E-state index contributed by atoms with van der Waals surface area (Å²) in [5.41, 5.74) is 0.873. The van der Waals surface area contributed by atoms with Crippen LogP contribution < -0.4 is 0 Å². The predicted octanol–water partition coefficient (Wildman–Crippen LogP) is 1.53. The van der Waals surface area contributed by atoms with E-state index >= 15 is 0 Å². The Kier molecular flexibility index (Phi) is 3.83. The minimum Gasteiger partial charge on any atom is -0.469 e. The first kappa shape index (κ1) is 14.6. The molecule has 1 aromatic carbocycles. The fraction of sp³-hybridized carbons (Fsp3) is 0.438. The molecule has 0 spiro atoms. The number of amides is 1. The van der Waals surface area contributed by atoms with Gasteiger partial charge < -0.3 is 9.47 Å². The first-order chi connectivity index (χ1) is 10.6. The molecule has 6 nitrogen and oxygen atoms in total. The van der Waals surface area contributed by atoms with Crippen LogP contribution in [0.3, 0.4) is 0 Å². The molecule has 0 aliphatic carbocycles. The third-order valence-corrected chi connectivity index (χ3v) is 4.34. The number of esters is 1. The number of methoxy groups -OCH3 is 1. The van der Waals surface area contributed by atoms with Crippen LogP contribution in [0.4, 0.5) is 4.79 Å². The van der Waals surface area contributed by atoms with Gasteiger partial charge in [-0.2, -0.15) is 0 Å². The van der Waals surface area contributed by atoms with Gasteiger partial charge in [-0.15, -0.1) is 0 Å². The summed E-state index contributed by atoms with van der Waals surface area (Å²) in [7, 11) is 1.31. The van der Waals surface area contributed by atoms with E-state index in [-0.39, 0.29) is 24.8 Å². The second-order valence-corrected chi connectivity index (χ2v) is 5.57. The van der Waals surface area contributed by atoms with Crippen molar-refractivity contribution < 1.29 is 23.9 Å². The molecule has 22 heavy (non-hydrogen) atoms. The zero-order valence-corrected chi connectivity index (χ0v) is 12.2. The van der Waals surface area contributed by atoms with Gasteiger partial charge in [-0.3, -0.25) is 14.5 Å². The van der Waals surface area contributed by atoms with Gasteiger partial charge in [0.05, 0.1) is 25.1 Å². The lowest BCUT2D eigenvalue weighted by atomic mass is 9.88. The van der Waals surface area contributed by atoms with Crippen molar-refractivity contribution in [2.45, 2.75) is 31.5 Å². The number of ketones is 1. The van der Waals surface area contributed by atoms with Crippen LogP contribution in [0.1, 0.15) is 18.4 Å². The number of carbonyl (C=O) groups is 3. The molecule has 2 saturated heterocycles. The number of Topliss-reactive ketones (excluding diaryl/α,β-unsaturated/α-hetero) is 1. The number of hydrogen-bond donors (Lipinski definition) is 0. The molecule has 0 N–H and O–H groups in total. The Morgan fingerprint density at radius 2 is 2.00 bits per heavy atom. The number of carbonyl (C=O) groups excluding carboxylic acids is 3. The molecule has 2 fully saturated rings. The minimum atomic E-state index is -0.558. The van der Waals surface area contributed by atoms with Crippen molar-refractivity contribution in [3.05, 3.63) is 35.9 Å². The summed E-state index contributed by atoms with van der Waals surface area (Å²) in [5, 5.41) is 0. The third kappa shape index (κ3) is 2.45. The average molecular weight is 303 g/mol. The van der Waals surface area contributed by atoms with Gasteiger partial charge in [-0.05, 0) is 12.0 Å². The summed E-state index contributed by atoms with van der Waals surface area (Å²) in [5.74, 6) is -0.820. The lowest BCUT2D eigenvalue weighted by Crippen LogP contribution is -2.38. The largest absolute Gasteiger partial charge is 0.469 e. The third-order valence-electron chi connectivity index (χ3n) is 4.34. The molecule has 3 rings (SSSR count). The molecule has 2 aliphatic heterocycles. The van der Waals surface area contributed by atoms with Crippen LogP contribution in [0.5, 0.6) is 0 Å². The molecule has 116 valence electrons. The lowest BCUT2D eigenvalue weighted by Gasteiger charge is -2.21. The van der Waals surface area contributed by atoms with E-state index in [1.165, 1.54) is 12.0 Å². The predicted molar refractivity (Wildman–Crippen MR) is 75.8 cm³/mol. The number of nitrogens with zero attached hydrogens (tertiary/aromatic N) is 1. The number of hydrogen-bond acceptors (Lipinski definition) is 5. The van der Waals surface area contributed by atoms with Gasteiger partial charge in [-0.1, -0.05) is 30.3 Å². The first-order valence-corrected chi connectivity index (χ1v) is 7.21. The van der Waals surface area contributed by atoms with E-state index in [0.29, 0.717) is 6.42 Å². The average Bonchev–Trinajstić information content (AvgIpc) is 3.07. The van der Waals surface area contributed by atoms with Gasteiger partial charge in [-0.25, -0.2) is 4.79 Å². The molecule has 6 heteroatoms. The molecular formula is C16H17NO5. The highest BCUT2D eigenvalue weighted by molar-refractivity contribution is 5.95. The minimum absolute atomic E-state index is 0.0122. The van der Waals surface area contributed by atoms with Gasteiger partial charge in [0, 0.05) is 6.42 Å². The van der Waals surface area contributed by atoms with Crippen LogP contribution in [-0.4, -0.2) is 41.9 Å². The van der Waals surface area contributed by atoms with E-state index < -0.39 is 24.1 Å². The maximum atomic E-state index is 12.3.